The van der Waals surface area contributed by atoms with Gasteiger partial charge in [0.15, 0.2) is 0 Å². The van der Waals surface area contributed by atoms with Gasteiger partial charge in [-0.3, -0.25) is 9.59 Å². The second-order valence-electron chi connectivity index (χ2n) is 9.75. The SMILES string of the molecule is NCCCC[C@H](NS(=O)(=O)N[C@@H](Cc1ccccc1)C(=O)NC1C[C@@H]2CC[C@H]1C2)C(=O)O.O=C(O)C(F)(F)F. The summed E-state index contributed by atoms with van der Waals surface area (Å²) in [5.74, 6) is -3.31. The van der Waals surface area contributed by atoms with Crippen LogP contribution in [0.15, 0.2) is 30.3 Å². The molecule has 2 saturated carbocycles. The number of carbonyl (C=O) groups is 3. The van der Waals surface area contributed by atoms with Crippen molar-refractivity contribution in [3.63, 3.8) is 0 Å². The van der Waals surface area contributed by atoms with E-state index < -0.39 is 40.4 Å². The molecule has 0 spiro atoms. The molecule has 1 aromatic carbocycles. The molecule has 1 aromatic rings. The lowest BCUT2D eigenvalue weighted by atomic mass is 9.95. The maximum absolute atomic E-state index is 13.1. The van der Waals surface area contributed by atoms with E-state index in [2.05, 4.69) is 14.8 Å². The van der Waals surface area contributed by atoms with Gasteiger partial charge in [0.25, 0.3) is 10.2 Å². The van der Waals surface area contributed by atoms with Gasteiger partial charge in [-0.25, -0.2) is 4.79 Å². The zero-order valence-corrected chi connectivity index (χ0v) is 22.0. The molecule has 2 aliphatic rings. The molecule has 15 heteroatoms. The molecule has 39 heavy (non-hydrogen) atoms. The zero-order chi connectivity index (χ0) is 29.2. The fourth-order valence-corrected chi connectivity index (χ4v) is 6.10. The van der Waals surface area contributed by atoms with Crippen molar-refractivity contribution in [2.45, 2.75) is 75.7 Å². The third kappa shape index (κ3) is 11.1. The van der Waals surface area contributed by atoms with Crippen LogP contribution in [0.1, 0.15) is 50.5 Å². The number of amides is 1. The minimum Gasteiger partial charge on any atom is -0.480 e. The molecule has 0 radical (unpaired) electrons. The van der Waals surface area contributed by atoms with Crippen LogP contribution in [0.4, 0.5) is 13.2 Å². The molecule has 1 unspecified atom stereocenters. The Bertz CT molecular complexity index is 1070. The summed E-state index contributed by atoms with van der Waals surface area (Å²) in [5, 5.41) is 19.6. The highest BCUT2D eigenvalue weighted by atomic mass is 32.2. The van der Waals surface area contributed by atoms with E-state index >= 15 is 0 Å². The number of hydrogen-bond acceptors (Lipinski definition) is 6. The number of unbranched alkanes of at least 4 members (excludes halogenated alkanes) is 1. The smallest absolute Gasteiger partial charge is 0.480 e. The van der Waals surface area contributed by atoms with Crippen molar-refractivity contribution < 1.29 is 46.2 Å². The first-order valence-corrected chi connectivity index (χ1v) is 14.1. The minimum atomic E-state index is -5.08. The molecule has 0 aromatic heterocycles. The highest BCUT2D eigenvalue weighted by Crippen LogP contribution is 2.44. The number of nitrogens with two attached hydrogens (primary N) is 1. The summed E-state index contributed by atoms with van der Waals surface area (Å²) in [7, 11) is -4.24. The number of aliphatic carboxylic acids is 2. The molecule has 7 N–H and O–H groups in total. The Kier molecular flexibility index (Phi) is 12.1. The van der Waals surface area contributed by atoms with Crippen molar-refractivity contribution >= 4 is 28.1 Å². The Morgan fingerprint density at radius 1 is 1.00 bits per heavy atom. The Balaban J connectivity index is 0.000000673. The molecule has 0 heterocycles. The van der Waals surface area contributed by atoms with Crippen molar-refractivity contribution in [2.24, 2.45) is 17.6 Å². The van der Waals surface area contributed by atoms with Crippen LogP contribution in [-0.4, -0.2) is 67.3 Å². The number of rotatable bonds is 13. The number of benzene rings is 1. The maximum atomic E-state index is 13.1. The normalized spacial score (nSPS) is 21.9. The predicted molar refractivity (Wildman–Crippen MR) is 135 cm³/mol. The number of nitrogens with one attached hydrogen (secondary N) is 3. The lowest BCUT2D eigenvalue weighted by molar-refractivity contribution is -0.192. The molecule has 11 nitrogen and oxygen atoms in total. The molecule has 220 valence electrons. The Labute approximate surface area is 224 Å². The second-order valence-corrected chi connectivity index (χ2v) is 11.2. The van der Waals surface area contributed by atoms with E-state index in [1.165, 1.54) is 6.42 Å². The molecule has 1 amide bonds. The summed E-state index contributed by atoms with van der Waals surface area (Å²) in [6, 6.07) is 6.88. The highest BCUT2D eigenvalue weighted by Gasteiger charge is 2.41. The van der Waals surface area contributed by atoms with E-state index in [-0.39, 0.29) is 24.8 Å². The molecular weight excluding hydrogens is 545 g/mol. The first-order valence-electron chi connectivity index (χ1n) is 12.6. The maximum Gasteiger partial charge on any atom is 0.490 e. The molecule has 2 bridgehead atoms. The third-order valence-corrected chi connectivity index (χ3v) is 7.94. The Hall–Kier alpha value is -2.75. The summed E-state index contributed by atoms with van der Waals surface area (Å²) in [6.07, 6.45) is 0.618. The fraction of sp³-hybridized carbons (Fsp3) is 0.625. The summed E-state index contributed by atoms with van der Waals surface area (Å²) in [5.41, 5.74) is 6.24. The van der Waals surface area contributed by atoms with E-state index in [1.54, 1.807) is 0 Å². The minimum absolute atomic E-state index is 0.0695. The van der Waals surface area contributed by atoms with Crippen molar-refractivity contribution in [3.8, 4) is 0 Å². The van der Waals surface area contributed by atoms with Gasteiger partial charge in [-0.15, -0.1) is 0 Å². The molecule has 2 aliphatic carbocycles. The number of alkyl halides is 3. The van der Waals surface area contributed by atoms with E-state index in [9.17, 15) is 36.3 Å². The van der Waals surface area contributed by atoms with Crippen LogP contribution in [0.3, 0.4) is 0 Å². The van der Waals surface area contributed by atoms with Crippen molar-refractivity contribution in [1.29, 1.82) is 0 Å². The van der Waals surface area contributed by atoms with Crippen LogP contribution >= 0.6 is 0 Å². The summed E-state index contributed by atoms with van der Waals surface area (Å²) in [4.78, 5) is 33.5. The number of carboxylic acids is 2. The van der Waals surface area contributed by atoms with Crippen LogP contribution in [0.25, 0.3) is 0 Å². The van der Waals surface area contributed by atoms with Gasteiger partial charge in [0.1, 0.15) is 12.1 Å². The standard InChI is InChI=1S/C22H34N4O5S.C2HF3O2/c23-11-5-4-8-18(22(28)29)25-32(30,31)26-20(13-15-6-2-1-3-7-15)21(27)24-19-14-16-9-10-17(19)12-16;3-2(4,5)1(6)7/h1-3,6-7,16-20,25-26H,4-5,8-14,23H2,(H,24,27)(H,28,29);(H,6,7)/t16-,17+,18+,19?,20+;/m1./s1. The quantitative estimate of drug-likeness (QED) is 0.190. The molecule has 0 aliphatic heterocycles. The lowest BCUT2D eigenvalue weighted by Gasteiger charge is -2.26. The topological polar surface area (TPSA) is 188 Å². The van der Waals surface area contributed by atoms with E-state index in [0.29, 0.717) is 31.2 Å². The third-order valence-electron chi connectivity index (χ3n) is 6.75. The lowest BCUT2D eigenvalue weighted by Crippen LogP contribution is -2.55. The summed E-state index contributed by atoms with van der Waals surface area (Å²) in [6.45, 7) is 0.402. The van der Waals surface area contributed by atoms with E-state index in [1.807, 2.05) is 30.3 Å². The molecular formula is C24H35F3N4O7S. The molecule has 3 rings (SSSR count). The Morgan fingerprint density at radius 3 is 2.10 bits per heavy atom. The van der Waals surface area contributed by atoms with Gasteiger partial charge in [0.2, 0.25) is 5.91 Å². The summed E-state index contributed by atoms with van der Waals surface area (Å²) >= 11 is 0. The molecule has 0 saturated heterocycles. The average Bonchev–Trinajstić information content (AvgIpc) is 3.47. The Morgan fingerprint density at radius 2 is 1.62 bits per heavy atom. The van der Waals surface area contributed by atoms with Crippen LogP contribution < -0.4 is 20.5 Å². The van der Waals surface area contributed by atoms with Crippen molar-refractivity contribution in [1.82, 2.24) is 14.8 Å². The average molecular weight is 581 g/mol. The van der Waals surface area contributed by atoms with Crippen LogP contribution in [0.5, 0.6) is 0 Å². The van der Waals surface area contributed by atoms with E-state index in [0.717, 1.165) is 24.8 Å². The molecule has 5 atom stereocenters. The number of carbonyl (C=O) groups excluding carboxylic acids is 1. The first kappa shape index (κ1) is 32.5. The van der Waals surface area contributed by atoms with Crippen molar-refractivity contribution in [3.05, 3.63) is 35.9 Å². The van der Waals surface area contributed by atoms with Crippen LogP contribution in [-0.2, 0) is 31.0 Å². The predicted octanol–water partition coefficient (Wildman–Crippen LogP) is 1.54. The fourth-order valence-electron chi connectivity index (χ4n) is 4.88. The van der Waals surface area contributed by atoms with Gasteiger partial charge in [-0.2, -0.15) is 31.0 Å². The van der Waals surface area contributed by atoms with Gasteiger partial charge in [-0.05, 0) is 62.5 Å². The van der Waals surface area contributed by atoms with Gasteiger partial charge < -0.3 is 21.3 Å². The van der Waals surface area contributed by atoms with E-state index in [4.69, 9.17) is 15.6 Å². The van der Waals surface area contributed by atoms with Crippen molar-refractivity contribution in [2.75, 3.05) is 6.54 Å². The largest absolute Gasteiger partial charge is 0.490 e. The van der Waals surface area contributed by atoms with Gasteiger partial charge in [0, 0.05) is 6.04 Å². The number of fused-ring (bicyclic) bond motifs is 2. The summed E-state index contributed by atoms with van der Waals surface area (Å²) < 4.78 is 61.8. The van der Waals surface area contributed by atoms with Crippen LogP contribution in [0, 0.1) is 11.8 Å². The zero-order valence-electron chi connectivity index (χ0n) is 21.2. The first-order chi connectivity index (χ1) is 18.2. The number of carboxylic acid groups (broad SMARTS) is 2. The van der Waals surface area contributed by atoms with Gasteiger partial charge in [-0.1, -0.05) is 43.2 Å². The molecule has 2 fully saturated rings. The second kappa shape index (κ2) is 14.6. The van der Waals surface area contributed by atoms with Crippen LogP contribution in [0.2, 0.25) is 0 Å². The number of halogens is 3. The number of hydrogen-bond donors (Lipinski definition) is 6. The van der Waals surface area contributed by atoms with Gasteiger partial charge >= 0.3 is 18.1 Å². The highest BCUT2D eigenvalue weighted by molar-refractivity contribution is 7.87. The van der Waals surface area contributed by atoms with Gasteiger partial charge in [0.05, 0.1) is 0 Å². The monoisotopic (exact) mass is 580 g/mol.